The molecular weight excluding hydrogens is 416 g/mol. The van der Waals surface area contributed by atoms with Gasteiger partial charge in [0.2, 0.25) is 11.7 Å². The van der Waals surface area contributed by atoms with Crippen molar-refractivity contribution in [3.63, 3.8) is 0 Å². The zero-order valence-corrected chi connectivity index (χ0v) is 18.3. The van der Waals surface area contributed by atoms with Crippen molar-refractivity contribution >= 4 is 22.8 Å². The Balaban J connectivity index is 1.79. The highest BCUT2D eigenvalue weighted by Crippen LogP contribution is 2.28. The third-order valence-electron chi connectivity index (χ3n) is 5.53. The second-order valence-corrected chi connectivity index (χ2v) is 7.51. The molecule has 0 aliphatic heterocycles. The molecule has 4 rings (SSSR count). The Labute approximate surface area is 182 Å². The van der Waals surface area contributed by atoms with Crippen LogP contribution in [0.15, 0.2) is 34.0 Å². The maximum absolute atomic E-state index is 13.0. The van der Waals surface area contributed by atoms with Crippen LogP contribution in [0.5, 0.6) is 11.5 Å². The predicted octanol–water partition coefficient (Wildman–Crippen LogP) is 0.203. The lowest BCUT2D eigenvalue weighted by molar-refractivity contribution is -0.118. The van der Waals surface area contributed by atoms with Gasteiger partial charge in [0.25, 0.3) is 5.56 Å². The predicted molar refractivity (Wildman–Crippen MR) is 117 cm³/mol. The van der Waals surface area contributed by atoms with Crippen molar-refractivity contribution in [3.8, 4) is 11.5 Å². The van der Waals surface area contributed by atoms with E-state index in [4.69, 9.17) is 15.2 Å². The molecule has 0 saturated carbocycles. The van der Waals surface area contributed by atoms with Gasteiger partial charge in [0, 0.05) is 25.5 Å². The van der Waals surface area contributed by atoms with Crippen molar-refractivity contribution in [2.24, 2.45) is 12.8 Å². The van der Waals surface area contributed by atoms with E-state index in [0.29, 0.717) is 30.2 Å². The summed E-state index contributed by atoms with van der Waals surface area (Å²) in [5.41, 5.74) is 6.37. The first-order valence-electron chi connectivity index (χ1n) is 9.93. The zero-order valence-electron chi connectivity index (χ0n) is 18.3. The van der Waals surface area contributed by atoms with E-state index < -0.39 is 23.7 Å². The molecule has 0 spiro atoms. The molecule has 4 aromatic rings. The van der Waals surface area contributed by atoms with Gasteiger partial charge in [-0.2, -0.15) is 4.98 Å². The molecule has 0 aliphatic carbocycles. The summed E-state index contributed by atoms with van der Waals surface area (Å²) in [5.74, 6) is 1.06. The van der Waals surface area contributed by atoms with Crippen molar-refractivity contribution in [1.29, 1.82) is 0 Å². The summed E-state index contributed by atoms with van der Waals surface area (Å²) in [6, 6.07) is 5.74. The normalized spacial score (nSPS) is 11.4. The molecule has 11 nitrogen and oxygen atoms in total. The molecule has 0 saturated heterocycles. The molecule has 1 aromatic carbocycles. The zero-order chi connectivity index (χ0) is 23.2. The van der Waals surface area contributed by atoms with Crippen LogP contribution in [0.25, 0.3) is 16.9 Å². The number of rotatable bonds is 7. The van der Waals surface area contributed by atoms with Crippen LogP contribution >= 0.6 is 0 Å². The Morgan fingerprint density at radius 3 is 2.50 bits per heavy atom. The minimum absolute atomic E-state index is 0.219. The Kier molecular flexibility index (Phi) is 5.25. The van der Waals surface area contributed by atoms with Crippen LogP contribution in [0.3, 0.4) is 0 Å². The quantitative estimate of drug-likeness (QED) is 0.437. The Bertz CT molecular complexity index is 1470. The Morgan fingerprint density at radius 2 is 1.84 bits per heavy atom. The lowest BCUT2D eigenvalue weighted by atomic mass is 10.1. The fraction of sp³-hybridized carbons (Fsp3) is 0.333. The number of nitrogens with two attached hydrogens (primary N) is 1. The number of aryl methyl sites for hydroxylation is 4. The summed E-state index contributed by atoms with van der Waals surface area (Å²) in [6.07, 6.45) is 2.47. The smallest absolute Gasteiger partial charge is 0.332 e. The van der Waals surface area contributed by atoms with E-state index in [2.05, 4.69) is 4.98 Å². The van der Waals surface area contributed by atoms with Crippen LogP contribution < -0.4 is 26.5 Å². The minimum atomic E-state index is -0.770. The average molecular weight is 440 g/mol. The number of benzene rings is 1. The van der Waals surface area contributed by atoms with E-state index in [9.17, 15) is 14.4 Å². The maximum atomic E-state index is 13.0. The van der Waals surface area contributed by atoms with Gasteiger partial charge in [0.15, 0.2) is 22.7 Å². The van der Waals surface area contributed by atoms with Crippen LogP contribution in [0.2, 0.25) is 0 Å². The summed E-state index contributed by atoms with van der Waals surface area (Å²) < 4.78 is 16.4. The van der Waals surface area contributed by atoms with Crippen LogP contribution in [0.4, 0.5) is 0 Å². The summed E-state index contributed by atoms with van der Waals surface area (Å²) in [5, 5.41) is 0. The van der Waals surface area contributed by atoms with E-state index in [1.54, 1.807) is 24.8 Å². The van der Waals surface area contributed by atoms with Crippen molar-refractivity contribution in [2.45, 2.75) is 26.4 Å². The van der Waals surface area contributed by atoms with Gasteiger partial charge in [-0.1, -0.05) is 6.07 Å². The number of aromatic nitrogens is 5. The highest BCUT2D eigenvalue weighted by atomic mass is 16.5. The number of fused-ring (bicyclic) bond motifs is 3. The van der Waals surface area contributed by atoms with Crippen molar-refractivity contribution < 1.29 is 14.3 Å². The second-order valence-electron chi connectivity index (χ2n) is 7.51. The number of methoxy groups -OCH3 is 2. The van der Waals surface area contributed by atoms with Crippen molar-refractivity contribution in [2.75, 3.05) is 14.2 Å². The topological polar surface area (TPSA) is 128 Å². The van der Waals surface area contributed by atoms with Gasteiger partial charge < -0.3 is 19.8 Å². The SMILES string of the molecule is COc1ccc(CCn2c(C)cn3c4c(=O)n(CC(N)=O)c(=O)n(C)c4nc23)cc1OC. The van der Waals surface area contributed by atoms with Crippen LogP contribution in [-0.4, -0.2) is 43.2 Å². The number of hydrogen-bond donors (Lipinski definition) is 1. The van der Waals surface area contributed by atoms with Gasteiger partial charge in [0.05, 0.1) is 14.2 Å². The molecule has 0 bridgehead atoms. The third kappa shape index (κ3) is 3.31. The molecule has 168 valence electrons. The van der Waals surface area contributed by atoms with Gasteiger partial charge in [0.1, 0.15) is 6.54 Å². The second kappa shape index (κ2) is 7.91. The number of primary amides is 1. The van der Waals surface area contributed by atoms with Gasteiger partial charge in [-0.15, -0.1) is 0 Å². The minimum Gasteiger partial charge on any atom is -0.493 e. The van der Waals surface area contributed by atoms with Gasteiger partial charge in [-0.05, 0) is 31.0 Å². The molecule has 32 heavy (non-hydrogen) atoms. The molecule has 0 atom stereocenters. The molecule has 0 aliphatic rings. The van der Waals surface area contributed by atoms with E-state index in [1.165, 1.54) is 11.6 Å². The molecular formula is C21H24N6O5. The van der Waals surface area contributed by atoms with E-state index in [0.717, 1.165) is 15.8 Å². The first-order chi connectivity index (χ1) is 15.3. The number of hydrogen-bond acceptors (Lipinski definition) is 6. The van der Waals surface area contributed by atoms with Gasteiger partial charge >= 0.3 is 5.69 Å². The van der Waals surface area contributed by atoms with Gasteiger partial charge in [-0.25, -0.2) is 9.36 Å². The summed E-state index contributed by atoms with van der Waals surface area (Å²) >= 11 is 0. The summed E-state index contributed by atoms with van der Waals surface area (Å²) in [6.45, 7) is 2.01. The standard InChI is InChI=1S/C21H24N6O5/c1-12-10-26-17-18(24(2)21(30)27(19(17)29)11-16(22)28)23-20(26)25(12)8-7-13-5-6-14(31-3)15(9-13)32-4/h5-6,9-10H,7-8,11H2,1-4H3,(H2,22,28). The molecule has 0 unspecified atom stereocenters. The number of carbonyl (C=O) groups excluding carboxylic acids is 1. The van der Waals surface area contributed by atoms with Crippen LogP contribution in [0, 0.1) is 6.92 Å². The fourth-order valence-electron chi connectivity index (χ4n) is 3.90. The van der Waals surface area contributed by atoms with Crippen LogP contribution in [0.1, 0.15) is 11.3 Å². The number of carbonyl (C=O) groups is 1. The fourth-order valence-corrected chi connectivity index (χ4v) is 3.90. The molecule has 3 heterocycles. The first kappa shape index (κ1) is 21.2. The molecule has 1 amide bonds. The van der Waals surface area contributed by atoms with E-state index in [-0.39, 0.29) is 11.2 Å². The summed E-state index contributed by atoms with van der Waals surface area (Å²) in [4.78, 5) is 41.5. The monoisotopic (exact) mass is 440 g/mol. The lowest BCUT2D eigenvalue weighted by Crippen LogP contribution is -2.42. The van der Waals surface area contributed by atoms with E-state index >= 15 is 0 Å². The maximum Gasteiger partial charge on any atom is 0.332 e. The summed E-state index contributed by atoms with van der Waals surface area (Å²) in [7, 11) is 4.69. The third-order valence-corrected chi connectivity index (χ3v) is 5.53. The number of amides is 1. The first-order valence-corrected chi connectivity index (χ1v) is 9.93. The molecule has 0 radical (unpaired) electrons. The molecule has 3 aromatic heterocycles. The lowest BCUT2D eigenvalue weighted by Gasteiger charge is -2.10. The largest absolute Gasteiger partial charge is 0.493 e. The van der Waals surface area contributed by atoms with Crippen molar-refractivity contribution in [3.05, 3.63) is 56.5 Å². The van der Waals surface area contributed by atoms with Crippen LogP contribution in [-0.2, 0) is 31.4 Å². The highest BCUT2D eigenvalue weighted by Gasteiger charge is 2.20. The van der Waals surface area contributed by atoms with Crippen molar-refractivity contribution in [1.82, 2.24) is 23.1 Å². The van der Waals surface area contributed by atoms with Gasteiger partial charge in [-0.3, -0.25) is 18.6 Å². The Morgan fingerprint density at radius 1 is 1.12 bits per heavy atom. The highest BCUT2D eigenvalue weighted by molar-refractivity contribution is 5.77. The number of imidazole rings is 2. The Hall–Kier alpha value is -4.02. The van der Waals surface area contributed by atoms with E-state index in [1.807, 2.05) is 29.7 Å². The molecule has 11 heteroatoms. The number of nitrogens with zero attached hydrogens (tertiary/aromatic N) is 5. The number of ether oxygens (including phenoxy) is 2. The molecule has 0 fully saturated rings. The average Bonchev–Trinajstić information content (AvgIpc) is 3.28. The molecule has 2 N–H and O–H groups in total.